The van der Waals surface area contributed by atoms with Gasteiger partial charge in [-0.1, -0.05) is 61.7 Å². The largest absolute Gasteiger partial charge is 0.464 e. The van der Waals surface area contributed by atoms with Gasteiger partial charge in [0, 0.05) is 42.8 Å². The number of nitrogens with two attached hydrogens (primary N) is 1. The van der Waals surface area contributed by atoms with Gasteiger partial charge in [-0.3, -0.25) is 14.5 Å². The molecule has 3 N–H and O–H groups in total. The van der Waals surface area contributed by atoms with Gasteiger partial charge in [0.05, 0.1) is 5.92 Å². The Morgan fingerprint density at radius 2 is 1.80 bits per heavy atom. The minimum Gasteiger partial charge on any atom is -0.464 e. The molecule has 0 radical (unpaired) electrons. The summed E-state index contributed by atoms with van der Waals surface area (Å²) < 4.78 is 5.69. The highest BCUT2D eigenvalue weighted by atomic mass is 16.5. The molecule has 1 aliphatic carbocycles. The molecule has 1 heterocycles. The van der Waals surface area contributed by atoms with Crippen molar-refractivity contribution in [2.24, 2.45) is 11.7 Å². The van der Waals surface area contributed by atoms with Crippen LogP contribution >= 0.6 is 0 Å². The fourth-order valence-corrected chi connectivity index (χ4v) is 4.79. The number of fused-ring (bicyclic) bond motifs is 1. The van der Waals surface area contributed by atoms with E-state index in [1.54, 1.807) is 6.08 Å². The standard InChI is InChI=1S/C29H35N3O3/c30-28(33)15-14-22-10-12-23(13-11-22)21-32(18-19-35-29(34)24-6-2-1-3-7-24)17-16-25-20-31-27-9-5-4-8-26(25)27/h4-5,8-15,20,24,31H,1-3,6-7,16-19,21H2,(H2,30,33)/b15-14+. The summed E-state index contributed by atoms with van der Waals surface area (Å²) in [5.41, 5.74) is 9.72. The normalized spacial score (nSPS) is 14.7. The maximum absolute atomic E-state index is 12.5. The van der Waals surface area contributed by atoms with Crippen LogP contribution in [-0.4, -0.2) is 41.5 Å². The van der Waals surface area contributed by atoms with Gasteiger partial charge in [0.25, 0.3) is 0 Å². The fraction of sp³-hybridized carbons (Fsp3) is 0.379. The predicted molar refractivity (Wildman–Crippen MR) is 139 cm³/mol. The number of hydrogen-bond acceptors (Lipinski definition) is 4. The van der Waals surface area contributed by atoms with Crippen molar-refractivity contribution in [3.05, 3.63) is 77.5 Å². The van der Waals surface area contributed by atoms with Crippen LogP contribution in [0.3, 0.4) is 0 Å². The lowest BCUT2D eigenvalue weighted by molar-refractivity contribution is -0.150. The van der Waals surface area contributed by atoms with Crippen molar-refractivity contribution in [1.82, 2.24) is 9.88 Å². The Labute approximate surface area is 207 Å². The second-order valence-corrected chi connectivity index (χ2v) is 9.37. The molecular weight excluding hydrogens is 438 g/mol. The molecule has 0 aliphatic heterocycles. The molecular formula is C29H35N3O3. The van der Waals surface area contributed by atoms with Gasteiger partial charge < -0.3 is 15.5 Å². The first-order valence-electron chi connectivity index (χ1n) is 12.6. The number of para-hydroxylation sites is 1. The molecule has 0 spiro atoms. The van der Waals surface area contributed by atoms with Crippen molar-refractivity contribution in [2.45, 2.75) is 45.1 Å². The summed E-state index contributed by atoms with van der Waals surface area (Å²) in [6.07, 6.45) is 11.5. The number of aromatic amines is 1. The third kappa shape index (κ3) is 7.30. The van der Waals surface area contributed by atoms with E-state index in [0.717, 1.165) is 56.3 Å². The Bertz CT molecular complexity index is 1140. The van der Waals surface area contributed by atoms with E-state index >= 15 is 0 Å². The molecule has 1 fully saturated rings. The van der Waals surface area contributed by atoms with Crippen LogP contribution in [0.25, 0.3) is 17.0 Å². The number of hydrogen-bond donors (Lipinski definition) is 2. The SMILES string of the molecule is NC(=O)/C=C/c1ccc(CN(CCOC(=O)C2CCCCC2)CCc2c[nH]c3ccccc23)cc1. The molecule has 1 amide bonds. The van der Waals surface area contributed by atoms with Gasteiger partial charge in [-0.05, 0) is 48.1 Å². The highest BCUT2D eigenvalue weighted by Crippen LogP contribution is 2.24. The molecule has 0 bridgehead atoms. The van der Waals surface area contributed by atoms with E-state index in [-0.39, 0.29) is 11.9 Å². The summed E-state index contributed by atoms with van der Waals surface area (Å²) in [4.78, 5) is 29.2. The smallest absolute Gasteiger partial charge is 0.308 e. The molecule has 4 rings (SSSR count). The van der Waals surface area contributed by atoms with Crippen molar-refractivity contribution in [3.8, 4) is 0 Å². The molecule has 35 heavy (non-hydrogen) atoms. The molecule has 1 aromatic heterocycles. The maximum atomic E-state index is 12.5. The topological polar surface area (TPSA) is 88.4 Å². The van der Waals surface area contributed by atoms with Crippen LogP contribution in [0.4, 0.5) is 0 Å². The zero-order valence-corrected chi connectivity index (χ0v) is 20.2. The van der Waals surface area contributed by atoms with Crippen LogP contribution in [0, 0.1) is 5.92 Å². The fourth-order valence-electron chi connectivity index (χ4n) is 4.79. The Morgan fingerprint density at radius 3 is 2.57 bits per heavy atom. The van der Waals surface area contributed by atoms with Crippen LogP contribution < -0.4 is 5.73 Å². The van der Waals surface area contributed by atoms with Crippen molar-refractivity contribution in [2.75, 3.05) is 19.7 Å². The van der Waals surface area contributed by atoms with Gasteiger partial charge in [-0.25, -0.2) is 0 Å². The summed E-state index contributed by atoms with van der Waals surface area (Å²) in [6, 6.07) is 16.4. The number of ether oxygens (including phenoxy) is 1. The number of amides is 1. The van der Waals surface area contributed by atoms with Crippen LogP contribution in [0.5, 0.6) is 0 Å². The van der Waals surface area contributed by atoms with Crippen molar-refractivity contribution >= 4 is 28.9 Å². The average molecular weight is 474 g/mol. The Balaban J connectivity index is 1.38. The first-order valence-corrected chi connectivity index (χ1v) is 12.6. The van der Waals surface area contributed by atoms with Gasteiger partial charge in [0.1, 0.15) is 6.61 Å². The van der Waals surface area contributed by atoms with Gasteiger partial charge in [-0.2, -0.15) is 0 Å². The lowest BCUT2D eigenvalue weighted by atomic mass is 9.89. The van der Waals surface area contributed by atoms with E-state index in [0.29, 0.717) is 13.2 Å². The van der Waals surface area contributed by atoms with Crippen molar-refractivity contribution in [3.63, 3.8) is 0 Å². The second kappa shape index (κ2) is 12.4. The van der Waals surface area contributed by atoms with E-state index < -0.39 is 5.91 Å². The summed E-state index contributed by atoms with van der Waals surface area (Å²) in [5.74, 6) is -0.420. The molecule has 2 aromatic carbocycles. The quantitative estimate of drug-likeness (QED) is 0.308. The Morgan fingerprint density at radius 1 is 1.03 bits per heavy atom. The number of benzene rings is 2. The average Bonchev–Trinajstić information content (AvgIpc) is 3.30. The second-order valence-electron chi connectivity index (χ2n) is 9.37. The summed E-state index contributed by atoms with van der Waals surface area (Å²) in [6.45, 7) is 2.70. The molecule has 3 aromatic rings. The highest BCUT2D eigenvalue weighted by Gasteiger charge is 2.22. The first kappa shape index (κ1) is 24.7. The van der Waals surface area contributed by atoms with Crippen LogP contribution in [0.15, 0.2) is 60.8 Å². The first-order chi connectivity index (χ1) is 17.1. The predicted octanol–water partition coefficient (Wildman–Crippen LogP) is 4.83. The maximum Gasteiger partial charge on any atom is 0.308 e. The highest BCUT2D eigenvalue weighted by molar-refractivity contribution is 5.90. The van der Waals surface area contributed by atoms with Crippen molar-refractivity contribution in [1.29, 1.82) is 0 Å². The molecule has 1 aliphatic rings. The van der Waals surface area contributed by atoms with Crippen LogP contribution in [0.1, 0.15) is 48.8 Å². The molecule has 0 unspecified atom stereocenters. The monoisotopic (exact) mass is 473 g/mol. The number of rotatable bonds is 11. The number of nitrogens with zero attached hydrogens (tertiary/aromatic N) is 1. The molecule has 1 saturated carbocycles. The number of carbonyl (C=O) groups excluding carboxylic acids is 2. The number of aromatic nitrogens is 1. The Hall–Kier alpha value is -3.38. The van der Waals surface area contributed by atoms with Gasteiger partial charge in [0.2, 0.25) is 5.91 Å². The number of H-pyrrole nitrogens is 1. The third-order valence-electron chi connectivity index (χ3n) is 6.79. The van der Waals surface area contributed by atoms with Crippen molar-refractivity contribution < 1.29 is 14.3 Å². The summed E-state index contributed by atoms with van der Waals surface area (Å²) >= 11 is 0. The number of esters is 1. The minimum atomic E-state index is -0.458. The van der Waals surface area contributed by atoms with E-state index in [9.17, 15) is 9.59 Å². The molecule has 6 heteroatoms. The van der Waals surface area contributed by atoms with Gasteiger partial charge in [0.15, 0.2) is 0 Å². The molecule has 0 saturated heterocycles. The van der Waals surface area contributed by atoms with E-state index in [1.807, 2.05) is 18.2 Å². The summed E-state index contributed by atoms with van der Waals surface area (Å²) in [5, 5.41) is 1.25. The van der Waals surface area contributed by atoms with E-state index in [4.69, 9.17) is 10.5 Å². The van der Waals surface area contributed by atoms with Crippen LogP contribution in [-0.2, 0) is 27.3 Å². The van der Waals surface area contributed by atoms with Crippen LogP contribution in [0.2, 0.25) is 0 Å². The summed E-state index contributed by atoms with van der Waals surface area (Å²) in [7, 11) is 0. The van der Waals surface area contributed by atoms with Gasteiger partial charge in [-0.15, -0.1) is 0 Å². The zero-order chi connectivity index (χ0) is 24.5. The van der Waals surface area contributed by atoms with E-state index in [2.05, 4.69) is 46.4 Å². The molecule has 0 atom stereocenters. The number of carbonyl (C=O) groups is 2. The van der Waals surface area contributed by atoms with Gasteiger partial charge >= 0.3 is 5.97 Å². The molecule has 6 nitrogen and oxygen atoms in total. The third-order valence-corrected chi connectivity index (χ3v) is 6.79. The number of nitrogens with one attached hydrogen (secondary N) is 1. The number of primary amides is 1. The minimum absolute atomic E-state index is 0.0353. The zero-order valence-electron chi connectivity index (χ0n) is 20.2. The lowest BCUT2D eigenvalue weighted by Crippen LogP contribution is -2.31. The van der Waals surface area contributed by atoms with E-state index in [1.165, 1.54) is 29.0 Å². The molecule has 184 valence electrons. The lowest BCUT2D eigenvalue weighted by Gasteiger charge is -2.24. The Kier molecular flexibility index (Phi) is 8.74.